The Hall–Kier alpha value is -2.23. The van der Waals surface area contributed by atoms with Crippen LogP contribution in [0.5, 0.6) is 0 Å². The highest BCUT2D eigenvalue weighted by Crippen LogP contribution is 2.16. The smallest absolute Gasteiger partial charge is 0.267 e. The zero-order chi connectivity index (χ0) is 16.2. The number of aryl methyl sites for hydroxylation is 3. The Morgan fingerprint density at radius 2 is 2.30 bits per heavy atom. The van der Waals surface area contributed by atoms with Gasteiger partial charge >= 0.3 is 0 Å². The summed E-state index contributed by atoms with van der Waals surface area (Å²) in [7, 11) is 1.71. The van der Waals surface area contributed by atoms with Crippen LogP contribution in [0, 0.1) is 0 Å². The average Bonchev–Trinajstić information content (AvgIpc) is 3.13. The Labute approximate surface area is 136 Å². The van der Waals surface area contributed by atoms with Crippen LogP contribution in [0.15, 0.2) is 16.0 Å². The van der Waals surface area contributed by atoms with E-state index >= 15 is 0 Å². The molecule has 122 valence electrons. The van der Waals surface area contributed by atoms with Gasteiger partial charge in [0.2, 0.25) is 11.1 Å². The Morgan fingerprint density at radius 3 is 3.09 bits per heavy atom. The number of carbonyl (C=O) groups is 1. The molecule has 2 aromatic rings. The summed E-state index contributed by atoms with van der Waals surface area (Å²) in [5.41, 5.74) is 1.95. The Kier molecular flexibility index (Phi) is 4.70. The Morgan fingerprint density at radius 1 is 1.43 bits per heavy atom. The van der Waals surface area contributed by atoms with E-state index in [-0.39, 0.29) is 17.2 Å². The van der Waals surface area contributed by atoms with Gasteiger partial charge in [-0.3, -0.25) is 9.59 Å². The molecule has 0 saturated carbocycles. The van der Waals surface area contributed by atoms with Gasteiger partial charge in [0.25, 0.3) is 5.56 Å². The lowest BCUT2D eigenvalue weighted by atomic mass is 10.2. The molecule has 0 atom stereocenters. The molecule has 23 heavy (non-hydrogen) atoms. The fourth-order valence-electron chi connectivity index (χ4n) is 2.43. The lowest BCUT2D eigenvalue weighted by Crippen LogP contribution is -2.33. The lowest BCUT2D eigenvalue weighted by Gasteiger charge is -2.08. The SMILES string of the molecule is Cn1nnnc1SCC(=O)NCCn1nc2c(cc1=O)CCC2. The first kappa shape index (κ1) is 15.7. The second-order valence-corrected chi connectivity index (χ2v) is 6.20. The first-order valence-corrected chi connectivity index (χ1v) is 8.34. The van der Waals surface area contributed by atoms with E-state index < -0.39 is 0 Å². The molecule has 0 bridgehead atoms. The number of rotatable bonds is 6. The molecule has 2 heterocycles. The van der Waals surface area contributed by atoms with Crippen molar-refractivity contribution in [2.75, 3.05) is 12.3 Å². The van der Waals surface area contributed by atoms with Crippen LogP contribution in [-0.2, 0) is 31.2 Å². The third-order valence-corrected chi connectivity index (χ3v) is 4.59. The number of tetrazole rings is 1. The van der Waals surface area contributed by atoms with Crippen molar-refractivity contribution >= 4 is 17.7 Å². The van der Waals surface area contributed by atoms with Crippen LogP contribution in [0.25, 0.3) is 0 Å². The summed E-state index contributed by atoms with van der Waals surface area (Å²) in [6.07, 6.45) is 2.91. The van der Waals surface area contributed by atoms with Gasteiger partial charge in [-0.2, -0.15) is 5.10 Å². The minimum absolute atomic E-state index is 0.112. The third kappa shape index (κ3) is 3.76. The molecule has 2 aromatic heterocycles. The monoisotopic (exact) mass is 335 g/mol. The molecule has 0 aromatic carbocycles. The number of nitrogens with one attached hydrogen (secondary N) is 1. The predicted molar refractivity (Wildman–Crippen MR) is 83.1 cm³/mol. The minimum atomic E-state index is -0.132. The first-order chi connectivity index (χ1) is 11.1. The number of fused-ring (bicyclic) bond motifs is 1. The standard InChI is InChI=1S/C13H17N7O2S/c1-19-13(15-17-18-19)23-8-11(21)14-5-6-20-12(22)7-9-3-2-4-10(9)16-20/h7H,2-6,8H2,1H3,(H,14,21). The molecule has 1 aliphatic carbocycles. The van der Waals surface area contributed by atoms with Crippen molar-refractivity contribution in [3.05, 3.63) is 27.7 Å². The van der Waals surface area contributed by atoms with Gasteiger partial charge in [-0.05, 0) is 35.3 Å². The van der Waals surface area contributed by atoms with Crippen molar-refractivity contribution in [1.29, 1.82) is 0 Å². The predicted octanol–water partition coefficient (Wildman–Crippen LogP) is -0.836. The molecule has 0 unspecified atom stereocenters. The quantitative estimate of drug-likeness (QED) is 0.686. The van der Waals surface area contributed by atoms with E-state index in [2.05, 4.69) is 25.9 Å². The van der Waals surface area contributed by atoms with Crippen molar-refractivity contribution in [1.82, 2.24) is 35.3 Å². The summed E-state index contributed by atoms with van der Waals surface area (Å²) in [4.78, 5) is 23.7. The van der Waals surface area contributed by atoms with Gasteiger partial charge in [0.05, 0.1) is 18.0 Å². The van der Waals surface area contributed by atoms with E-state index in [1.54, 1.807) is 13.1 Å². The molecule has 0 saturated heterocycles. The fraction of sp³-hybridized carbons (Fsp3) is 0.538. The highest BCUT2D eigenvalue weighted by atomic mass is 32.2. The van der Waals surface area contributed by atoms with E-state index in [1.165, 1.54) is 21.1 Å². The number of amides is 1. The number of aromatic nitrogens is 6. The molecule has 0 radical (unpaired) electrons. The van der Waals surface area contributed by atoms with Crippen molar-refractivity contribution in [2.45, 2.75) is 31.0 Å². The molecule has 1 amide bonds. The van der Waals surface area contributed by atoms with E-state index in [4.69, 9.17) is 0 Å². The summed E-state index contributed by atoms with van der Waals surface area (Å²) in [5, 5.41) is 18.7. The molecule has 3 rings (SSSR count). The van der Waals surface area contributed by atoms with Crippen LogP contribution in [0.2, 0.25) is 0 Å². The molecule has 1 N–H and O–H groups in total. The highest BCUT2D eigenvalue weighted by molar-refractivity contribution is 7.99. The van der Waals surface area contributed by atoms with Crippen molar-refractivity contribution in [3.8, 4) is 0 Å². The van der Waals surface area contributed by atoms with E-state index in [1.807, 2.05) is 0 Å². The molecule has 10 heteroatoms. The fourth-order valence-corrected chi connectivity index (χ4v) is 3.11. The van der Waals surface area contributed by atoms with E-state index in [0.717, 1.165) is 30.5 Å². The second kappa shape index (κ2) is 6.90. The molecule has 9 nitrogen and oxygen atoms in total. The Bertz CT molecular complexity index is 770. The summed E-state index contributed by atoms with van der Waals surface area (Å²) in [6, 6.07) is 1.66. The largest absolute Gasteiger partial charge is 0.354 e. The van der Waals surface area contributed by atoms with Crippen LogP contribution in [0.3, 0.4) is 0 Å². The number of nitrogens with zero attached hydrogens (tertiary/aromatic N) is 6. The van der Waals surface area contributed by atoms with Crippen LogP contribution >= 0.6 is 11.8 Å². The number of hydrogen-bond acceptors (Lipinski definition) is 7. The van der Waals surface area contributed by atoms with E-state index in [0.29, 0.717) is 18.2 Å². The van der Waals surface area contributed by atoms with Crippen LogP contribution in [0.4, 0.5) is 0 Å². The lowest BCUT2D eigenvalue weighted by molar-refractivity contribution is -0.118. The summed E-state index contributed by atoms with van der Waals surface area (Å²) in [6.45, 7) is 0.732. The van der Waals surface area contributed by atoms with Crippen molar-refractivity contribution in [3.63, 3.8) is 0 Å². The van der Waals surface area contributed by atoms with Gasteiger partial charge in [0.15, 0.2) is 0 Å². The van der Waals surface area contributed by atoms with Crippen molar-refractivity contribution in [2.24, 2.45) is 7.05 Å². The van der Waals surface area contributed by atoms with E-state index in [9.17, 15) is 9.59 Å². The third-order valence-electron chi connectivity index (χ3n) is 3.58. The summed E-state index contributed by atoms with van der Waals surface area (Å²) >= 11 is 1.26. The number of thioether (sulfide) groups is 1. The Balaban J connectivity index is 1.47. The van der Waals surface area contributed by atoms with Crippen molar-refractivity contribution < 1.29 is 4.79 Å². The first-order valence-electron chi connectivity index (χ1n) is 7.35. The normalized spacial score (nSPS) is 13.1. The van der Waals surface area contributed by atoms with Gasteiger partial charge in [0.1, 0.15) is 0 Å². The number of carbonyl (C=O) groups excluding carboxylic acids is 1. The molecule has 0 spiro atoms. The molecule has 1 aliphatic rings. The van der Waals surface area contributed by atoms with Gasteiger partial charge in [0, 0.05) is 19.7 Å². The van der Waals surface area contributed by atoms with Gasteiger partial charge in [-0.15, -0.1) is 5.10 Å². The zero-order valence-electron chi connectivity index (χ0n) is 12.7. The maximum atomic E-state index is 11.9. The van der Waals surface area contributed by atoms with Gasteiger partial charge in [-0.25, -0.2) is 9.36 Å². The van der Waals surface area contributed by atoms with Crippen LogP contribution in [-0.4, -0.2) is 48.2 Å². The van der Waals surface area contributed by atoms with Crippen LogP contribution < -0.4 is 10.9 Å². The second-order valence-electron chi connectivity index (χ2n) is 5.25. The summed E-state index contributed by atoms with van der Waals surface area (Å²) in [5.74, 6) is 0.0907. The highest BCUT2D eigenvalue weighted by Gasteiger charge is 2.14. The van der Waals surface area contributed by atoms with Gasteiger partial charge in [-0.1, -0.05) is 11.8 Å². The summed E-state index contributed by atoms with van der Waals surface area (Å²) < 4.78 is 2.93. The van der Waals surface area contributed by atoms with Gasteiger partial charge < -0.3 is 5.32 Å². The minimum Gasteiger partial charge on any atom is -0.354 e. The molecule has 0 fully saturated rings. The maximum Gasteiger partial charge on any atom is 0.267 e. The molecule has 0 aliphatic heterocycles. The number of hydrogen-bond donors (Lipinski definition) is 1. The average molecular weight is 335 g/mol. The maximum absolute atomic E-state index is 11.9. The topological polar surface area (TPSA) is 108 Å². The zero-order valence-corrected chi connectivity index (χ0v) is 13.5. The molecular formula is C13H17N7O2S. The van der Waals surface area contributed by atoms with Crippen LogP contribution in [0.1, 0.15) is 17.7 Å². The molecular weight excluding hydrogens is 318 g/mol.